The average molecular weight is 426 g/mol. The van der Waals surface area contributed by atoms with Gasteiger partial charge in [0.2, 0.25) is 5.91 Å². The largest absolute Gasteiger partial charge is 0.508 e. The third kappa shape index (κ3) is 2.74. The summed E-state index contributed by atoms with van der Waals surface area (Å²) in [6.45, 7) is 4.28. The number of fused-ring (bicyclic) bond motifs is 3. The summed E-state index contributed by atoms with van der Waals surface area (Å²) in [7, 11) is 0. The van der Waals surface area contributed by atoms with Gasteiger partial charge in [-0.3, -0.25) is 4.79 Å². The first-order valence-corrected chi connectivity index (χ1v) is 12.2. The predicted octanol–water partition coefficient (Wildman–Crippen LogP) is 4.13. The number of carbonyl (C=O) groups is 1. The molecule has 5 heteroatoms. The minimum atomic E-state index is -0.381. The van der Waals surface area contributed by atoms with Crippen LogP contribution in [0.1, 0.15) is 88.7 Å². The summed E-state index contributed by atoms with van der Waals surface area (Å²) in [6, 6.07) is 4.12. The molecule has 4 N–H and O–H groups in total. The lowest BCUT2D eigenvalue weighted by Crippen LogP contribution is -2.58. The van der Waals surface area contributed by atoms with Crippen molar-refractivity contribution in [3.05, 3.63) is 23.3 Å². The molecule has 1 heterocycles. The number of rotatable bonds is 2. The molecule has 2 unspecified atom stereocenters. The second-order valence-corrected chi connectivity index (χ2v) is 12.2. The Morgan fingerprint density at radius 3 is 2.48 bits per heavy atom. The molecule has 5 saturated carbocycles. The van der Waals surface area contributed by atoms with Crippen LogP contribution in [0, 0.1) is 23.2 Å². The van der Waals surface area contributed by atoms with E-state index in [1.807, 2.05) is 6.07 Å². The number of hydrogen-bond donors (Lipinski definition) is 3. The Labute approximate surface area is 184 Å². The summed E-state index contributed by atoms with van der Waals surface area (Å²) in [6.07, 6.45) is 8.09. The zero-order valence-corrected chi connectivity index (χ0v) is 18.7. The molecule has 7 rings (SSSR count). The van der Waals surface area contributed by atoms with Crippen LogP contribution in [-0.4, -0.2) is 27.8 Å². The zero-order valence-electron chi connectivity index (χ0n) is 18.7. The highest BCUT2D eigenvalue weighted by Gasteiger charge is 2.61. The van der Waals surface area contributed by atoms with Crippen LogP contribution in [-0.2, 0) is 10.2 Å². The van der Waals surface area contributed by atoms with E-state index < -0.39 is 0 Å². The second-order valence-electron chi connectivity index (χ2n) is 12.2. The average Bonchev–Trinajstić information content (AvgIpc) is 2.65. The van der Waals surface area contributed by atoms with Crippen LogP contribution < -0.4 is 10.5 Å². The number of hydrogen-bond acceptors (Lipinski definition) is 4. The van der Waals surface area contributed by atoms with Crippen LogP contribution in [0.2, 0.25) is 0 Å². The van der Waals surface area contributed by atoms with E-state index in [0.29, 0.717) is 24.0 Å². The maximum absolute atomic E-state index is 12.5. The van der Waals surface area contributed by atoms with Crippen LogP contribution in [0.5, 0.6) is 11.5 Å². The maximum Gasteiger partial charge on any atom is 0.223 e. The zero-order chi connectivity index (χ0) is 21.8. The molecule has 1 aromatic carbocycles. The molecule has 168 valence electrons. The fraction of sp³-hybridized carbons (Fsp3) is 0.731. The molecule has 6 aliphatic rings. The van der Waals surface area contributed by atoms with Crippen molar-refractivity contribution in [1.29, 1.82) is 0 Å². The fourth-order valence-corrected chi connectivity index (χ4v) is 8.92. The van der Waals surface area contributed by atoms with Crippen molar-refractivity contribution in [2.24, 2.45) is 28.9 Å². The minimum absolute atomic E-state index is 0.0952. The lowest BCUT2D eigenvalue weighted by atomic mass is 9.42. The molecule has 1 aromatic rings. The number of aliphatic hydroxyl groups excluding tert-OH is 1. The van der Waals surface area contributed by atoms with Crippen LogP contribution in [0.25, 0.3) is 0 Å². The summed E-state index contributed by atoms with van der Waals surface area (Å²) in [5, 5.41) is 21.6. The van der Waals surface area contributed by atoms with Crippen molar-refractivity contribution in [3.63, 3.8) is 0 Å². The SMILES string of the molecule is CC1(C)Oc2cc(C34CC5CC(CC(C(N)=O)(C5)C3)C4)cc(O)c2[C@@H]2C[C@H](O)CC[C@H]21. The monoisotopic (exact) mass is 425 g/mol. The van der Waals surface area contributed by atoms with Gasteiger partial charge in [-0.2, -0.15) is 0 Å². The number of ether oxygens (including phenoxy) is 1. The van der Waals surface area contributed by atoms with E-state index in [1.165, 1.54) is 6.42 Å². The Balaban J connectivity index is 1.45. The molecule has 0 saturated heterocycles. The van der Waals surface area contributed by atoms with Crippen LogP contribution in [0.4, 0.5) is 0 Å². The van der Waals surface area contributed by atoms with Gasteiger partial charge in [0.05, 0.1) is 11.5 Å². The number of nitrogens with two attached hydrogens (primary N) is 1. The quantitative estimate of drug-likeness (QED) is 0.664. The molecule has 1 aliphatic heterocycles. The number of aromatic hydroxyl groups is 1. The predicted molar refractivity (Wildman–Crippen MR) is 117 cm³/mol. The topological polar surface area (TPSA) is 92.8 Å². The van der Waals surface area contributed by atoms with Gasteiger partial charge in [0.25, 0.3) is 0 Å². The van der Waals surface area contributed by atoms with Gasteiger partial charge in [0.1, 0.15) is 17.1 Å². The van der Waals surface area contributed by atoms with E-state index in [-0.39, 0.29) is 40.3 Å². The molecule has 0 spiro atoms. The van der Waals surface area contributed by atoms with Gasteiger partial charge in [-0.15, -0.1) is 0 Å². The summed E-state index contributed by atoms with van der Waals surface area (Å²) in [5.41, 5.74) is 7.14. The van der Waals surface area contributed by atoms with Crippen molar-refractivity contribution in [2.45, 2.75) is 94.7 Å². The third-order valence-electron chi connectivity index (χ3n) is 9.78. The normalized spacial score (nSPS) is 44.3. The molecule has 5 aliphatic carbocycles. The van der Waals surface area contributed by atoms with Gasteiger partial charge in [0, 0.05) is 17.4 Å². The fourth-order valence-electron chi connectivity index (χ4n) is 8.92. The van der Waals surface area contributed by atoms with Gasteiger partial charge >= 0.3 is 0 Å². The van der Waals surface area contributed by atoms with Gasteiger partial charge in [-0.25, -0.2) is 0 Å². The lowest BCUT2D eigenvalue weighted by Gasteiger charge is -2.61. The Bertz CT molecular complexity index is 939. The van der Waals surface area contributed by atoms with E-state index in [0.717, 1.165) is 61.8 Å². The first-order chi connectivity index (χ1) is 14.6. The molecule has 1 amide bonds. The van der Waals surface area contributed by atoms with Crippen molar-refractivity contribution in [2.75, 3.05) is 0 Å². The van der Waals surface area contributed by atoms with Crippen LogP contribution >= 0.6 is 0 Å². The molecular weight excluding hydrogens is 390 g/mol. The summed E-state index contributed by atoms with van der Waals surface area (Å²) < 4.78 is 6.55. The molecule has 4 bridgehead atoms. The van der Waals surface area contributed by atoms with E-state index in [2.05, 4.69) is 19.9 Å². The molecule has 5 nitrogen and oxygen atoms in total. The minimum Gasteiger partial charge on any atom is -0.508 e. The second kappa shape index (κ2) is 6.18. The molecular formula is C26H35NO4. The number of amides is 1. The van der Waals surface area contributed by atoms with E-state index in [9.17, 15) is 15.0 Å². The molecule has 0 radical (unpaired) electrons. The molecule has 31 heavy (non-hydrogen) atoms. The smallest absolute Gasteiger partial charge is 0.223 e. The summed E-state index contributed by atoms with van der Waals surface area (Å²) in [4.78, 5) is 12.5. The number of benzene rings is 1. The number of aliphatic hydroxyl groups is 1. The molecule has 5 fully saturated rings. The number of phenols is 1. The lowest BCUT2D eigenvalue weighted by molar-refractivity contribution is -0.145. The van der Waals surface area contributed by atoms with E-state index in [1.54, 1.807) is 0 Å². The van der Waals surface area contributed by atoms with Gasteiger partial charge in [-0.05, 0) is 107 Å². The maximum atomic E-state index is 12.5. The highest BCUT2D eigenvalue weighted by molar-refractivity contribution is 5.81. The highest BCUT2D eigenvalue weighted by Crippen LogP contribution is 2.66. The van der Waals surface area contributed by atoms with Gasteiger partial charge < -0.3 is 20.7 Å². The van der Waals surface area contributed by atoms with E-state index in [4.69, 9.17) is 10.5 Å². The number of phenolic OH excluding ortho intramolecular Hbond substituents is 1. The molecule has 0 aromatic heterocycles. The Hall–Kier alpha value is -1.75. The molecule has 5 atom stereocenters. The van der Waals surface area contributed by atoms with Crippen molar-refractivity contribution >= 4 is 5.91 Å². The summed E-state index contributed by atoms with van der Waals surface area (Å²) >= 11 is 0. The summed E-state index contributed by atoms with van der Waals surface area (Å²) in [5.74, 6) is 2.44. The first-order valence-electron chi connectivity index (χ1n) is 12.2. The van der Waals surface area contributed by atoms with Crippen molar-refractivity contribution in [3.8, 4) is 11.5 Å². The van der Waals surface area contributed by atoms with Gasteiger partial charge in [-0.1, -0.05) is 0 Å². The van der Waals surface area contributed by atoms with E-state index >= 15 is 0 Å². The first kappa shape index (κ1) is 19.9. The third-order valence-corrected chi connectivity index (χ3v) is 9.78. The van der Waals surface area contributed by atoms with Crippen molar-refractivity contribution < 1.29 is 19.7 Å². The number of primary amides is 1. The standard InChI is InChI=1S/C26H35NO4/c1-24(2)19-4-3-17(28)8-18(19)22-20(29)6-16(7-21(22)31-24)25-9-14-5-15(10-25)12-26(11-14,13-25)23(27)30/h6-7,14-15,17-19,28-29H,3-5,8-13H2,1-2H3,(H2,27,30)/t14?,15?,17-,18-,19-,25?,26?/m1/s1. The van der Waals surface area contributed by atoms with Gasteiger partial charge in [0.15, 0.2) is 0 Å². The Morgan fingerprint density at radius 1 is 1.10 bits per heavy atom. The Kier molecular flexibility index (Phi) is 3.97. The highest BCUT2D eigenvalue weighted by atomic mass is 16.5. The van der Waals surface area contributed by atoms with Crippen LogP contribution in [0.3, 0.4) is 0 Å². The van der Waals surface area contributed by atoms with Crippen molar-refractivity contribution in [1.82, 2.24) is 0 Å². The van der Waals surface area contributed by atoms with Crippen LogP contribution in [0.15, 0.2) is 12.1 Å². The Morgan fingerprint density at radius 2 is 1.81 bits per heavy atom. The number of carbonyl (C=O) groups excluding carboxylic acids is 1.